The summed E-state index contributed by atoms with van der Waals surface area (Å²) in [6, 6.07) is 17.2. The average molecular weight is 296 g/mol. The molecule has 1 saturated heterocycles. The topological polar surface area (TPSA) is 23.6 Å². The smallest absolute Gasteiger partial charge is 0.260 e. The highest BCUT2D eigenvalue weighted by Crippen LogP contribution is 2.33. The van der Waals surface area contributed by atoms with Gasteiger partial charge in [-0.2, -0.15) is 0 Å². The van der Waals surface area contributed by atoms with E-state index in [9.17, 15) is 4.79 Å². The van der Waals surface area contributed by atoms with Gasteiger partial charge in [-0.1, -0.05) is 48.0 Å². The zero-order valence-corrected chi connectivity index (χ0v) is 12.8. The van der Waals surface area contributed by atoms with Gasteiger partial charge in [0.25, 0.3) is 5.91 Å². The predicted octanol–water partition coefficient (Wildman–Crippen LogP) is 3.30. The summed E-state index contributed by atoms with van der Waals surface area (Å²) < 4.78 is 0. The Morgan fingerprint density at radius 3 is 2.24 bits per heavy atom. The molecule has 0 aliphatic carbocycles. The van der Waals surface area contributed by atoms with Gasteiger partial charge in [0.15, 0.2) is 5.11 Å². The lowest BCUT2D eigenvalue weighted by molar-refractivity contribution is -0.119. The molecule has 1 aliphatic rings. The van der Waals surface area contributed by atoms with Gasteiger partial charge in [0.05, 0.1) is 5.69 Å². The maximum absolute atomic E-state index is 12.8. The van der Waals surface area contributed by atoms with Crippen LogP contribution in [0, 0.1) is 6.92 Å². The molecule has 1 fully saturated rings. The fourth-order valence-electron chi connectivity index (χ4n) is 2.58. The number of rotatable bonds is 2. The number of nitrogens with zero attached hydrogens (tertiary/aromatic N) is 2. The largest absolute Gasteiger partial charge is 0.336 e. The van der Waals surface area contributed by atoms with Crippen LogP contribution in [-0.2, 0) is 4.79 Å². The van der Waals surface area contributed by atoms with Crippen LogP contribution in [0.1, 0.15) is 17.2 Å². The fourth-order valence-corrected chi connectivity index (χ4v) is 2.88. The van der Waals surface area contributed by atoms with E-state index in [1.165, 1.54) is 5.56 Å². The molecular weight excluding hydrogens is 280 g/mol. The zero-order chi connectivity index (χ0) is 15.0. The van der Waals surface area contributed by atoms with Crippen LogP contribution >= 0.6 is 12.2 Å². The summed E-state index contributed by atoms with van der Waals surface area (Å²) in [5, 5.41) is 0.539. The van der Waals surface area contributed by atoms with Crippen molar-refractivity contribution in [3.8, 4) is 0 Å². The van der Waals surface area contributed by atoms with E-state index >= 15 is 0 Å². The summed E-state index contributed by atoms with van der Waals surface area (Å²) in [6.45, 7) is 2.03. The molecule has 3 rings (SSSR count). The molecule has 3 nitrogen and oxygen atoms in total. The molecule has 0 aromatic heterocycles. The summed E-state index contributed by atoms with van der Waals surface area (Å²) in [4.78, 5) is 16.3. The van der Waals surface area contributed by atoms with Crippen molar-refractivity contribution in [2.45, 2.75) is 13.0 Å². The number of aryl methyl sites for hydroxylation is 1. The number of carbonyl (C=O) groups excluding carboxylic acids is 1. The van der Waals surface area contributed by atoms with Gasteiger partial charge in [0.1, 0.15) is 6.04 Å². The Labute approximate surface area is 129 Å². The van der Waals surface area contributed by atoms with Crippen molar-refractivity contribution >= 4 is 28.9 Å². The summed E-state index contributed by atoms with van der Waals surface area (Å²) in [5.74, 6) is -0.00227. The minimum atomic E-state index is -0.349. The Morgan fingerprint density at radius 1 is 1.00 bits per heavy atom. The van der Waals surface area contributed by atoms with Crippen LogP contribution in [0.3, 0.4) is 0 Å². The Bertz CT molecular complexity index is 682. The standard InChI is InChI=1S/C17H16N2OS/c1-12-8-10-13(11-9-12)15-16(20)19(17(21)18(15)2)14-6-4-3-5-7-14/h3-11,15H,1-2H3. The van der Waals surface area contributed by atoms with Crippen LogP contribution < -0.4 is 4.90 Å². The first-order valence-corrected chi connectivity index (χ1v) is 7.23. The van der Waals surface area contributed by atoms with Crippen molar-refractivity contribution in [2.75, 3.05) is 11.9 Å². The first-order chi connectivity index (χ1) is 10.1. The first kappa shape index (κ1) is 13.8. The van der Waals surface area contributed by atoms with Gasteiger partial charge >= 0.3 is 0 Å². The van der Waals surface area contributed by atoms with Gasteiger partial charge in [-0.15, -0.1) is 0 Å². The minimum absolute atomic E-state index is 0.00227. The van der Waals surface area contributed by atoms with Crippen LogP contribution in [0.15, 0.2) is 54.6 Å². The van der Waals surface area contributed by atoms with Crippen LogP contribution in [0.4, 0.5) is 5.69 Å². The molecule has 1 amide bonds. The van der Waals surface area contributed by atoms with Crippen molar-refractivity contribution < 1.29 is 4.79 Å². The quantitative estimate of drug-likeness (QED) is 0.794. The van der Waals surface area contributed by atoms with Crippen molar-refractivity contribution in [3.63, 3.8) is 0 Å². The second-order valence-electron chi connectivity index (χ2n) is 5.22. The van der Waals surface area contributed by atoms with Gasteiger partial charge in [0, 0.05) is 7.05 Å². The van der Waals surface area contributed by atoms with Crippen molar-refractivity contribution in [1.29, 1.82) is 0 Å². The highest BCUT2D eigenvalue weighted by atomic mass is 32.1. The van der Waals surface area contributed by atoms with E-state index in [1.807, 2.05) is 73.5 Å². The minimum Gasteiger partial charge on any atom is -0.336 e. The molecule has 1 aliphatic heterocycles. The molecule has 4 heteroatoms. The number of anilines is 1. The second-order valence-corrected chi connectivity index (χ2v) is 5.58. The third kappa shape index (κ3) is 2.32. The number of hydrogen-bond acceptors (Lipinski definition) is 2. The van der Waals surface area contributed by atoms with Crippen LogP contribution in [0.5, 0.6) is 0 Å². The molecule has 1 atom stereocenters. The number of thiocarbonyl (C=S) groups is 1. The summed E-state index contributed by atoms with van der Waals surface area (Å²) in [5.41, 5.74) is 2.96. The van der Waals surface area contributed by atoms with E-state index in [2.05, 4.69) is 0 Å². The van der Waals surface area contributed by atoms with E-state index in [1.54, 1.807) is 4.90 Å². The third-order valence-electron chi connectivity index (χ3n) is 3.74. The van der Waals surface area contributed by atoms with Crippen molar-refractivity contribution in [1.82, 2.24) is 4.90 Å². The predicted molar refractivity (Wildman–Crippen MR) is 88.2 cm³/mol. The highest BCUT2D eigenvalue weighted by molar-refractivity contribution is 7.80. The number of benzene rings is 2. The third-order valence-corrected chi connectivity index (χ3v) is 4.21. The van der Waals surface area contributed by atoms with E-state index in [-0.39, 0.29) is 11.9 Å². The van der Waals surface area contributed by atoms with Crippen LogP contribution in [0.25, 0.3) is 0 Å². The SMILES string of the molecule is Cc1ccc(C2C(=O)N(c3ccccc3)C(=S)N2C)cc1. The molecule has 1 unspecified atom stereocenters. The molecule has 1 heterocycles. The molecule has 0 radical (unpaired) electrons. The normalized spacial score (nSPS) is 18.5. The molecule has 106 valence electrons. The van der Waals surface area contributed by atoms with E-state index < -0.39 is 0 Å². The molecule has 2 aromatic carbocycles. The maximum Gasteiger partial charge on any atom is 0.260 e. The Balaban J connectivity index is 1.99. The average Bonchev–Trinajstić information content (AvgIpc) is 2.72. The lowest BCUT2D eigenvalue weighted by atomic mass is 10.0. The number of carbonyl (C=O) groups is 1. The maximum atomic E-state index is 12.8. The van der Waals surface area contributed by atoms with Gasteiger partial charge in [-0.25, -0.2) is 0 Å². The molecule has 21 heavy (non-hydrogen) atoms. The molecule has 0 bridgehead atoms. The summed E-state index contributed by atoms with van der Waals surface area (Å²) >= 11 is 5.46. The lowest BCUT2D eigenvalue weighted by Gasteiger charge is -2.18. The molecule has 0 N–H and O–H groups in total. The van der Waals surface area contributed by atoms with Crippen LogP contribution in [0.2, 0.25) is 0 Å². The summed E-state index contributed by atoms with van der Waals surface area (Å²) in [6.07, 6.45) is 0. The summed E-state index contributed by atoms with van der Waals surface area (Å²) in [7, 11) is 1.87. The number of likely N-dealkylation sites (N-methyl/N-ethyl adjacent to an activating group) is 1. The second kappa shape index (κ2) is 5.30. The Hall–Kier alpha value is -2.20. The number of hydrogen-bond donors (Lipinski definition) is 0. The number of para-hydroxylation sites is 1. The van der Waals surface area contributed by atoms with E-state index in [0.717, 1.165) is 11.3 Å². The monoisotopic (exact) mass is 296 g/mol. The molecule has 0 spiro atoms. The molecular formula is C17H16N2OS. The van der Waals surface area contributed by atoms with Crippen molar-refractivity contribution in [2.24, 2.45) is 0 Å². The molecule has 2 aromatic rings. The van der Waals surface area contributed by atoms with Gasteiger partial charge in [-0.05, 0) is 36.8 Å². The fraction of sp³-hybridized carbons (Fsp3) is 0.176. The Morgan fingerprint density at radius 2 is 1.62 bits per heavy atom. The van der Waals surface area contributed by atoms with E-state index in [0.29, 0.717) is 5.11 Å². The van der Waals surface area contributed by atoms with Gasteiger partial charge in [0.2, 0.25) is 0 Å². The van der Waals surface area contributed by atoms with E-state index in [4.69, 9.17) is 12.2 Å². The zero-order valence-electron chi connectivity index (χ0n) is 12.0. The first-order valence-electron chi connectivity index (χ1n) is 6.82. The lowest BCUT2D eigenvalue weighted by Crippen LogP contribution is -2.30. The van der Waals surface area contributed by atoms with Crippen LogP contribution in [-0.4, -0.2) is 23.0 Å². The highest BCUT2D eigenvalue weighted by Gasteiger charge is 2.41. The van der Waals surface area contributed by atoms with Gasteiger partial charge < -0.3 is 4.90 Å². The Kier molecular flexibility index (Phi) is 3.47. The number of amides is 1. The molecule has 0 saturated carbocycles. The van der Waals surface area contributed by atoms with Gasteiger partial charge in [-0.3, -0.25) is 9.69 Å². The van der Waals surface area contributed by atoms with Crippen molar-refractivity contribution in [3.05, 3.63) is 65.7 Å².